The molecule has 1 N–H and O–H groups in total. The van der Waals surface area contributed by atoms with Crippen molar-refractivity contribution in [3.8, 4) is 17.3 Å². The number of carbonyl (C=O) groups excluding carboxylic acids is 2. The molecule has 2 aromatic heterocycles. The van der Waals surface area contributed by atoms with Crippen molar-refractivity contribution in [2.45, 2.75) is 13.0 Å². The van der Waals surface area contributed by atoms with Crippen LogP contribution in [0.1, 0.15) is 12.1 Å². The summed E-state index contributed by atoms with van der Waals surface area (Å²) >= 11 is 0. The van der Waals surface area contributed by atoms with Crippen LogP contribution in [0.25, 0.3) is 11.5 Å². The molecule has 144 valence electrons. The number of aromatic nitrogens is 1. The molecule has 8 heteroatoms. The van der Waals surface area contributed by atoms with Gasteiger partial charge in [-0.05, 0) is 24.3 Å². The highest BCUT2D eigenvalue weighted by Gasteiger charge is 2.35. The second-order valence-electron chi connectivity index (χ2n) is 6.48. The highest BCUT2D eigenvalue weighted by atomic mass is 16.5. The van der Waals surface area contributed by atoms with E-state index in [9.17, 15) is 9.59 Å². The van der Waals surface area contributed by atoms with E-state index in [2.05, 4.69) is 10.5 Å². The Morgan fingerprint density at radius 1 is 1.29 bits per heavy atom. The van der Waals surface area contributed by atoms with E-state index >= 15 is 0 Å². The van der Waals surface area contributed by atoms with Crippen molar-refractivity contribution >= 4 is 17.5 Å². The van der Waals surface area contributed by atoms with Crippen LogP contribution in [0.4, 0.5) is 5.69 Å². The van der Waals surface area contributed by atoms with Crippen molar-refractivity contribution in [1.82, 2.24) is 10.5 Å². The summed E-state index contributed by atoms with van der Waals surface area (Å²) in [5, 5.41) is 6.75. The van der Waals surface area contributed by atoms with E-state index in [0.717, 1.165) is 5.69 Å². The number of anilines is 1. The molecule has 1 fully saturated rings. The molecule has 8 nitrogen and oxygen atoms in total. The van der Waals surface area contributed by atoms with Gasteiger partial charge >= 0.3 is 0 Å². The number of amides is 2. The normalized spacial score (nSPS) is 16.4. The number of benzene rings is 1. The SMILES string of the molecule is COc1cccc(N2C[C@@H](C(=O)NCc3cc(-c4ccco4)on3)CC2=O)c1. The first kappa shape index (κ1) is 17.8. The highest BCUT2D eigenvalue weighted by molar-refractivity contribution is 6.00. The van der Waals surface area contributed by atoms with Gasteiger partial charge < -0.3 is 23.9 Å². The van der Waals surface area contributed by atoms with Crippen LogP contribution < -0.4 is 15.0 Å². The zero-order valence-electron chi connectivity index (χ0n) is 15.3. The Balaban J connectivity index is 1.36. The van der Waals surface area contributed by atoms with Gasteiger partial charge in [0.05, 0.1) is 25.8 Å². The minimum atomic E-state index is -0.421. The second kappa shape index (κ2) is 7.59. The summed E-state index contributed by atoms with van der Waals surface area (Å²) in [5.41, 5.74) is 1.30. The van der Waals surface area contributed by atoms with Gasteiger partial charge in [-0.15, -0.1) is 0 Å². The van der Waals surface area contributed by atoms with E-state index in [-0.39, 0.29) is 24.8 Å². The van der Waals surface area contributed by atoms with Crippen molar-refractivity contribution in [3.05, 3.63) is 54.4 Å². The molecule has 3 heterocycles. The summed E-state index contributed by atoms with van der Waals surface area (Å²) in [4.78, 5) is 26.5. The van der Waals surface area contributed by atoms with Crippen molar-refractivity contribution in [2.24, 2.45) is 5.92 Å². The smallest absolute Gasteiger partial charge is 0.227 e. The Morgan fingerprint density at radius 2 is 2.18 bits per heavy atom. The third-order valence-corrected chi connectivity index (χ3v) is 4.63. The van der Waals surface area contributed by atoms with Gasteiger partial charge in [-0.3, -0.25) is 9.59 Å². The molecule has 0 spiro atoms. The molecule has 1 saturated heterocycles. The monoisotopic (exact) mass is 381 g/mol. The molecule has 2 amide bonds. The van der Waals surface area contributed by atoms with E-state index in [1.165, 1.54) is 0 Å². The van der Waals surface area contributed by atoms with Crippen LogP contribution in [0.15, 0.2) is 57.7 Å². The topological polar surface area (TPSA) is 97.8 Å². The molecule has 0 bridgehead atoms. The van der Waals surface area contributed by atoms with Crippen LogP contribution in [0.5, 0.6) is 5.75 Å². The third-order valence-electron chi connectivity index (χ3n) is 4.63. The molecular weight excluding hydrogens is 362 g/mol. The molecule has 28 heavy (non-hydrogen) atoms. The van der Waals surface area contributed by atoms with Gasteiger partial charge in [0.1, 0.15) is 11.4 Å². The van der Waals surface area contributed by atoms with Crippen LogP contribution in [-0.2, 0) is 16.1 Å². The largest absolute Gasteiger partial charge is 0.497 e. The van der Waals surface area contributed by atoms with E-state index < -0.39 is 5.92 Å². The molecule has 0 unspecified atom stereocenters. The fraction of sp³-hybridized carbons (Fsp3) is 0.250. The number of furan rings is 1. The van der Waals surface area contributed by atoms with Gasteiger partial charge in [0.15, 0.2) is 5.76 Å². The Kier molecular flexibility index (Phi) is 4.84. The third kappa shape index (κ3) is 3.62. The van der Waals surface area contributed by atoms with E-state index in [4.69, 9.17) is 13.7 Å². The fourth-order valence-corrected chi connectivity index (χ4v) is 3.16. The Hall–Kier alpha value is -3.55. The molecule has 1 atom stereocenters. The maximum atomic E-state index is 12.5. The standard InChI is InChI=1S/C20H19N3O5/c1-26-16-5-2-4-15(10-16)23-12-13(8-19(23)24)20(25)21-11-14-9-18(28-22-14)17-6-3-7-27-17/h2-7,9-10,13H,8,11-12H2,1H3,(H,21,25)/t13-/m0/s1. The maximum Gasteiger partial charge on any atom is 0.227 e. The van der Waals surface area contributed by atoms with E-state index in [1.807, 2.05) is 18.2 Å². The Bertz CT molecular complexity index is 979. The van der Waals surface area contributed by atoms with E-state index in [0.29, 0.717) is 29.5 Å². The number of hydrogen-bond donors (Lipinski definition) is 1. The number of carbonyl (C=O) groups is 2. The van der Waals surface area contributed by atoms with Crippen LogP contribution in [0, 0.1) is 5.92 Å². The first-order valence-corrected chi connectivity index (χ1v) is 8.85. The molecular formula is C20H19N3O5. The Morgan fingerprint density at radius 3 is 2.96 bits per heavy atom. The lowest BCUT2D eigenvalue weighted by Gasteiger charge is -2.17. The van der Waals surface area contributed by atoms with Gasteiger partial charge in [0, 0.05) is 30.8 Å². The average Bonchev–Trinajstić information content (AvgIpc) is 3.46. The van der Waals surface area contributed by atoms with Crippen LogP contribution in [0.3, 0.4) is 0 Å². The summed E-state index contributed by atoms with van der Waals surface area (Å²) < 4.78 is 15.7. The number of rotatable bonds is 6. The molecule has 0 radical (unpaired) electrons. The van der Waals surface area contributed by atoms with Crippen molar-refractivity contribution in [3.63, 3.8) is 0 Å². The molecule has 0 saturated carbocycles. The summed E-state index contributed by atoms with van der Waals surface area (Å²) in [6.45, 7) is 0.543. The first-order chi connectivity index (χ1) is 13.6. The lowest BCUT2D eigenvalue weighted by atomic mass is 10.1. The molecule has 1 aliphatic heterocycles. The van der Waals surface area contributed by atoms with Gasteiger partial charge in [0.25, 0.3) is 0 Å². The second-order valence-corrected chi connectivity index (χ2v) is 6.48. The number of methoxy groups -OCH3 is 1. The van der Waals surface area contributed by atoms with Gasteiger partial charge in [-0.25, -0.2) is 0 Å². The minimum Gasteiger partial charge on any atom is -0.497 e. The summed E-state index contributed by atoms with van der Waals surface area (Å²) in [6.07, 6.45) is 1.71. The predicted octanol–water partition coefficient (Wildman–Crippen LogP) is 2.61. The molecule has 0 aliphatic carbocycles. The molecule has 4 rings (SSSR count). The average molecular weight is 381 g/mol. The summed E-state index contributed by atoms with van der Waals surface area (Å²) in [6, 6.07) is 12.5. The number of nitrogens with one attached hydrogen (secondary N) is 1. The van der Waals surface area contributed by atoms with Crippen LogP contribution in [0.2, 0.25) is 0 Å². The number of ether oxygens (including phenoxy) is 1. The zero-order valence-corrected chi connectivity index (χ0v) is 15.3. The van der Waals surface area contributed by atoms with Crippen molar-refractivity contribution in [2.75, 3.05) is 18.6 Å². The quantitative estimate of drug-likeness (QED) is 0.705. The Labute approximate surface area is 161 Å². The fourth-order valence-electron chi connectivity index (χ4n) is 3.16. The van der Waals surface area contributed by atoms with Gasteiger partial charge in [0.2, 0.25) is 17.6 Å². The first-order valence-electron chi connectivity index (χ1n) is 8.85. The van der Waals surface area contributed by atoms with E-state index in [1.54, 1.807) is 42.5 Å². The van der Waals surface area contributed by atoms with Crippen LogP contribution >= 0.6 is 0 Å². The molecule has 1 aliphatic rings. The summed E-state index contributed by atoms with van der Waals surface area (Å²) in [5.74, 6) is 1.03. The summed E-state index contributed by atoms with van der Waals surface area (Å²) in [7, 11) is 1.57. The number of hydrogen-bond acceptors (Lipinski definition) is 6. The predicted molar refractivity (Wildman–Crippen MR) is 99.5 cm³/mol. The minimum absolute atomic E-state index is 0.0880. The molecule has 3 aromatic rings. The van der Waals surface area contributed by atoms with Gasteiger partial charge in [-0.1, -0.05) is 11.2 Å². The van der Waals surface area contributed by atoms with Crippen molar-refractivity contribution < 1.29 is 23.3 Å². The maximum absolute atomic E-state index is 12.5. The molecule has 1 aromatic carbocycles. The van der Waals surface area contributed by atoms with Gasteiger partial charge in [-0.2, -0.15) is 0 Å². The lowest BCUT2D eigenvalue weighted by molar-refractivity contribution is -0.126. The zero-order chi connectivity index (χ0) is 19.5. The van der Waals surface area contributed by atoms with Crippen molar-refractivity contribution in [1.29, 1.82) is 0 Å². The number of nitrogens with zero attached hydrogens (tertiary/aromatic N) is 2. The van der Waals surface area contributed by atoms with Crippen LogP contribution in [-0.4, -0.2) is 30.6 Å². The lowest BCUT2D eigenvalue weighted by Crippen LogP contribution is -2.32. The highest BCUT2D eigenvalue weighted by Crippen LogP contribution is 2.28.